The molecule has 0 amide bonds. The molecule has 0 saturated carbocycles. The molecule has 0 atom stereocenters. The first-order valence-electron chi connectivity index (χ1n) is 17.4. The average molecular weight is 925 g/mol. The van der Waals surface area contributed by atoms with E-state index < -0.39 is 9.84 Å². The number of rotatable bonds is 12. The van der Waals surface area contributed by atoms with E-state index in [0.717, 1.165) is 20.9 Å². The van der Waals surface area contributed by atoms with Crippen LogP contribution in [0.3, 0.4) is 0 Å². The molecule has 6 rings (SSSR count). The fourth-order valence-corrected chi connectivity index (χ4v) is 9.83. The molecule has 0 fully saturated rings. The highest BCUT2D eigenvalue weighted by molar-refractivity contribution is 7.99. The van der Waals surface area contributed by atoms with Gasteiger partial charge in [-0.05, 0) is 120 Å². The molecule has 6 aromatic rings. The van der Waals surface area contributed by atoms with Crippen LogP contribution in [0.4, 0.5) is 17.1 Å². The van der Waals surface area contributed by atoms with E-state index in [1.54, 1.807) is 48.2 Å². The summed E-state index contributed by atoms with van der Waals surface area (Å²) in [6.07, 6.45) is 1.22. The van der Waals surface area contributed by atoms with Crippen LogP contribution in [0.2, 0.25) is 30.1 Å². The number of halogens is 6. The van der Waals surface area contributed by atoms with Crippen LogP contribution in [0.25, 0.3) is 0 Å². The highest BCUT2D eigenvalue weighted by atomic mass is 35.5. The Hall–Kier alpha value is -3.64. The summed E-state index contributed by atoms with van der Waals surface area (Å²) in [5, 5.41) is 29.6. The van der Waals surface area contributed by atoms with Crippen LogP contribution in [0, 0.1) is 0 Å². The third kappa shape index (κ3) is 10.9. The number of hydrogen-bond acceptors (Lipinski definition) is 8. The van der Waals surface area contributed by atoms with Crippen molar-refractivity contribution in [3.63, 3.8) is 0 Å². The van der Waals surface area contributed by atoms with Gasteiger partial charge in [0.05, 0.1) is 31.2 Å². The molecule has 0 radical (unpaired) electrons. The zero-order valence-electron chi connectivity index (χ0n) is 30.5. The van der Waals surface area contributed by atoms with Crippen LogP contribution in [-0.4, -0.2) is 18.6 Å². The molecule has 6 N–H and O–H groups in total. The van der Waals surface area contributed by atoms with Crippen molar-refractivity contribution in [2.75, 3.05) is 16.4 Å². The number of phenols is 2. The van der Waals surface area contributed by atoms with Crippen molar-refractivity contribution in [1.29, 1.82) is 0 Å². The van der Waals surface area contributed by atoms with E-state index in [1.807, 2.05) is 56.3 Å². The monoisotopic (exact) mass is 921 g/mol. The third-order valence-electron chi connectivity index (χ3n) is 8.73. The number of sulfone groups is 1. The van der Waals surface area contributed by atoms with Gasteiger partial charge in [-0.25, -0.2) is 8.42 Å². The minimum atomic E-state index is -3.74. The topological polar surface area (TPSA) is 125 Å². The molecule has 0 aliphatic carbocycles. The van der Waals surface area contributed by atoms with E-state index in [4.69, 9.17) is 75.3 Å². The minimum absolute atomic E-state index is 0.00118. The van der Waals surface area contributed by atoms with E-state index >= 15 is 0 Å². The Labute approximate surface area is 367 Å². The van der Waals surface area contributed by atoms with Crippen molar-refractivity contribution in [3.8, 4) is 11.5 Å². The maximum atomic E-state index is 13.1. The van der Waals surface area contributed by atoms with Crippen molar-refractivity contribution < 1.29 is 18.6 Å². The van der Waals surface area contributed by atoms with Gasteiger partial charge >= 0.3 is 0 Å². The molecule has 0 saturated heterocycles. The summed E-state index contributed by atoms with van der Waals surface area (Å²) in [5.74, 6) is -0.121. The van der Waals surface area contributed by atoms with Crippen molar-refractivity contribution in [3.05, 3.63) is 156 Å². The lowest BCUT2D eigenvalue weighted by Gasteiger charge is -2.16. The van der Waals surface area contributed by atoms with Crippen LogP contribution < -0.4 is 16.4 Å². The SMILES string of the molecule is CCc1c(Cl)cc(NCc2cc(N)ccc2Sc2ccc(Cl)cc2)c(O)c1Cl.CCc1c(Cl)cc(NCc2ccccc2S(=O)(=O)c2ccc(Cl)cc2)c(O)c1Cl. The summed E-state index contributed by atoms with van der Waals surface area (Å²) in [5.41, 5.74) is 10.4. The van der Waals surface area contributed by atoms with Crippen LogP contribution in [0.1, 0.15) is 36.1 Å². The average Bonchev–Trinajstić information content (AvgIpc) is 3.19. The van der Waals surface area contributed by atoms with Gasteiger partial charge in [0.25, 0.3) is 0 Å². The minimum Gasteiger partial charge on any atom is -0.504 e. The Bertz CT molecular complexity index is 2490. The second kappa shape index (κ2) is 19.9. The van der Waals surface area contributed by atoms with Gasteiger partial charge in [0.2, 0.25) is 9.84 Å². The maximum absolute atomic E-state index is 13.1. The molecule has 0 heterocycles. The summed E-state index contributed by atoms with van der Waals surface area (Å²) < 4.78 is 26.1. The molecule has 0 bridgehead atoms. The number of aromatic hydroxyl groups is 2. The zero-order valence-corrected chi connectivity index (χ0v) is 36.7. The predicted octanol–water partition coefficient (Wildman–Crippen LogP) is 13.6. The normalized spacial score (nSPS) is 11.2. The first-order chi connectivity index (χ1) is 27.1. The molecule has 298 valence electrons. The molecule has 15 heteroatoms. The number of nitrogens with one attached hydrogen (secondary N) is 2. The van der Waals surface area contributed by atoms with Crippen LogP contribution in [0.5, 0.6) is 11.5 Å². The molecule has 0 aliphatic heterocycles. The zero-order chi connectivity index (χ0) is 41.4. The largest absolute Gasteiger partial charge is 0.504 e. The molecular weight excluding hydrogens is 887 g/mol. The lowest BCUT2D eigenvalue weighted by atomic mass is 10.1. The van der Waals surface area contributed by atoms with Gasteiger partial charge in [-0.1, -0.05) is 113 Å². The van der Waals surface area contributed by atoms with Crippen LogP contribution in [-0.2, 0) is 35.8 Å². The second-order valence-electron chi connectivity index (χ2n) is 12.5. The van der Waals surface area contributed by atoms with Gasteiger partial charge in [0.15, 0.2) is 11.5 Å². The van der Waals surface area contributed by atoms with Gasteiger partial charge < -0.3 is 26.6 Å². The van der Waals surface area contributed by atoms with E-state index in [9.17, 15) is 18.6 Å². The number of nitrogen functional groups attached to an aromatic ring is 1. The Balaban J connectivity index is 0.000000218. The number of hydrogen-bond donors (Lipinski definition) is 5. The molecule has 0 spiro atoms. The van der Waals surface area contributed by atoms with Crippen LogP contribution >= 0.6 is 81.4 Å². The molecule has 0 aromatic heterocycles. The number of phenolic OH excluding ortho intramolecular Hbond substituents is 2. The Morgan fingerprint density at radius 2 is 1.12 bits per heavy atom. The quantitative estimate of drug-likeness (QED) is 0.0607. The first kappa shape index (κ1) is 44.5. The summed E-state index contributed by atoms with van der Waals surface area (Å²) in [6.45, 7) is 4.42. The standard InChI is InChI=1S/C21H19Cl3N2OS.C21H18Cl3NO3S/c1-2-16-17(23)10-18(21(27)20(16)24)26-11-12-9-14(25)5-8-19(12)28-15-6-3-13(22)4-7-15;1-2-16-17(23)11-18(21(26)20(16)24)25-12-13-5-3-4-6-19(13)29(27,28)15-9-7-14(22)8-10-15/h3-10,26-27H,2,11,25H2,1H3;3-11,25-26H,2,12H2,1H3. The summed E-state index contributed by atoms with van der Waals surface area (Å²) in [4.78, 5) is 2.43. The van der Waals surface area contributed by atoms with E-state index in [-0.39, 0.29) is 37.9 Å². The smallest absolute Gasteiger partial charge is 0.206 e. The predicted molar refractivity (Wildman–Crippen MR) is 239 cm³/mol. The molecule has 57 heavy (non-hydrogen) atoms. The van der Waals surface area contributed by atoms with Gasteiger partial charge in [-0.15, -0.1) is 0 Å². The van der Waals surface area contributed by atoms with Crippen molar-refractivity contribution in [1.82, 2.24) is 0 Å². The van der Waals surface area contributed by atoms with Crippen LogP contribution in [0.15, 0.2) is 123 Å². The highest BCUT2D eigenvalue weighted by Crippen LogP contribution is 2.42. The van der Waals surface area contributed by atoms with E-state index in [2.05, 4.69) is 10.6 Å². The second-order valence-corrected chi connectivity index (χ2v) is 18.0. The van der Waals surface area contributed by atoms with Crippen molar-refractivity contribution >= 4 is 108 Å². The molecule has 6 aromatic carbocycles. The van der Waals surface area contributed by atoms with E-state index in [1.165, 1.54) is 24.3 Å². The Morgan fingerprint density at radius 1 is 0.632 bits per heavy atom. The van der Waals surface area contributed by atoms with Crippen molar-refractivity contribution in [2.45, 2.75) is 59.4 Å². The molecule has 0 unspecified atom stereocenters. The summed E-state index contributed by atoms with van der Waals surface area (Å²) in [7, 11) is -3.74. The van der Waals surface area contributed by atoms with E-state index in [0.29, 0.717) is 67.7 Å². The fraction of sp³-hybridized carbons (Fsp3) is 0.143. The number of benzene rings is 6. The van der Waals surface area contributed by atoms with Gasteiger partial charge in [0.1, 0.15) is 0 Å². The molecular formula is C42H37Cl6N3O4S2. The Kier molecular flexibility index (Phi) is 15.5. The molecule has 0 aliphatic rings. The lowest BCUT2D eigenvalue weighted by molar-refractivity contribution is 0.476. The van der Waals surface area contributed by atoms with Gasteiger partial charge in [-0.3, -0.25) is 0 Å². The van der Waals surface area contributed by atoms with Crippen molar-refractivity contribution in [2.24, 2.45) is 0 Å². The Morgan fingerprint density at radius 3 is 1.65 bits per heavy atom. The maximum Gasteiger partial charge on any atom is 0.206 e. The highest BCUT2D eigenvalue weighted by Gasteiger charge is 2.22. The summed E-state index contributed by atoms with van der Waals surface area (Å²) in [6, 6.07) is 29.3. The molecule has 7 nitrogen and oxygen atoms in total. The lowest BCUT2D eigenvalue weighted by Crippen LogP contribution is -2.09. The number of anilines is 3. The van der Waals surface area contributed by atoms with Gasteiger partial charge in [-0.2, -0.15) is 0 Å². The fourth-order valence-electron chi connectivity index (χ4n) is 5.71. The van der Waals surface area contributed by atoms with Gasteiger partial charge in [0, 0.05) is 48.7 Å². The first-order valence-corrected chi connectivity index (χ1v) is 22.0. The number of nitrogens with two attached hydrogens (primary N) is 1. The summed E-state index contributed by atoms with van der Waals surface area (Å²) >= 11 is 38.4. The third-order valence-corrected chi connectivity index (χ3v) is 13.7.